The molecule has 0 atom stereocenters. The van der Waals surface area contributed by atoms with E-state index in [2.05, 4.69) is 12.2 Å². The van der Waals surface area contributed by atoms with E-state index >= 15 is 0 Å². The van der Waals surface area contributed by atoms with Crippen LogP contribution in [0.1, 0.15) is 96.8 Å². The first kappa shape index (κ1) is 21.4. The zero-order chi connectivity index (χ0) is 16.5. The van der Waals surface area contributed by atoms with Crippen LogP contribution in [-0.2, 0) is 4.79 Å². The lowest BCUT2D eigenvalue weighted by atomic mass is 10.0. The Morgan fingerprint density at radius 1 is 0.773 bits per heavy atom. The van der Waals surface area contributed by atoms with Crippen molar-refractivity contribution in [2.75, 3.05) is 6.54 Å². The Labute approximate surface area is 136 Å². The van der Waals surface area contributed by atoms with E-state index in [-0.39, 0.29) is 12.5 Å². The molecular formula is C18H37NO3. The third-order valence-corrected chi connectivity index (χ3v) is 3.99. The molecule has 0 fully saturated rings. The SMILES string of the molecule is CCCCCCCCCCCCCCCC(=O)NCC(O)O. The van der Waals surface area contributed by atoms with E-state index in [1.54, 1.807) is 0 Å². The lowest BCUT2D eigenvalue weighted by Gasteiger charge is -2.06. The highest BCUT2D eigenvalue weighted by molar-refractivity contribution is 5.75. The van der Waals surface area contributed by atoms with E-state index in [9.17, 15) is 4.79 Å². The van der Waals surface area contributed by atoms with Gasteiger partial charge in [-0.15, -0.1) is 0 Å². The molecular weight excluding hydrogens is 278 g/mol. The second-order valence-electron chi connectivity index (χ2n) is 6.28. The molecule has 0 radical (unpaired) electrons. The Hall–Kier alpha value is -0.610. The summed E-state index contributed by atoms with van der Waals surface area (Å²) in [5.41, 5.74) is 0. The average molecular weight is 315 g/mol. The summed E-state index contributed by atoms with van der Waals surface area (Å²) in [7, 11) is 0. The van der Waals surface area contributed by atoms with Crippen molar-refractivity contribution in [2.24, 2.45) is 0 Å². The van der Waals surface area contributed by atoms with Gasteiger partial charge in [0.05, 0.1) is 6.54 Å². The van der Waals surface area contributed by atoms with Crippen molar-refractivity contribution in [2.45, 2.75) is 103 Å². The van der Waals surface area contributed by atoms with E-state index in [1.165, 1.54) is 70.6 Å². The molecule has 0 saturated carbocycles. The van der Waals surface area contributed by atoms with Crippen molar-refractivity contribution in [3.05, 3.63) is 0 Å². The van der Waals surface area contributed by atoms with Crippen molar-refractivity contribution < 1.29 is 15.0 Å². The molecule has 4 nitrogen and oxygen atoms in total. The van der Waals surface area contributed by atoms with Crippen molar-refractivity contribution in [3.8, 4) is 0 Å². The molecule has 0 aliphatic heterocycles. The Morgan fingerprint density at radius 2 is 1.18 bits per heavy atom. The van der Waals surface area contributed by atoms with Crippen LogP contribution >= 0.6 is 0 Å². The molecule has 0 aromatic carbocycles. The fraction of sp³-hybridized carbons (Fsp3) is 0.944. The van der Waals surface area contributed by atoms with Crippen LogP contribution in [0.3, 0.4) is 0 Å². The van der Waals surface area contributed by atoms with Crippen molar-refractivity contribution >= 4 is 5.91 Å². The molecule has 4 heteroatoms. The number of aliphatic hydroxyl groups excluding tert-OH is 1. The van der Waals surface area contributed by atoms with Gasteiger partial charge >= 0.3 is 0 Å². The summed E-state index contributed by atoms with van der Waals surface area (Å²) in [5.74, 6) is -0.0869. The van der Waals surface area contributed by atoms with E-state index < -0.39 is 6.29 Å². The molecule has 1 amide bonds. The summed E-state index contributed by atoms with van der Waals surface area (Å²) in [6.45, 7) is 2.18. The highest BCUT2D eigenvalue weighted by Crippen LogP contribution is 2.12. The van der Waals surface area contributed by atoms with E-state index in [0.29, 0.717) is 6.42 Å². The molecule has 0 aliphatic carbocycles. The van der Waals surface area contributed by atoms with Crippen LogP contribution in [0.4, 0.5) is 0 Å². The van der Waals surface area contributed by atoms with E-state index in [4.69, 9.17) is 10.2 Å². The summed E-state index contributed by atoms with van der Waals surface area (Å²) in [6, 6.07) is 0. The summed E-state index contributed by atoms with van der Waals surface area (Å²) >= 11 is 0. The molecule has 132 valence electrons. The predicted molar refractivity (Wildman–Crippen MR) is 91.5 cm³/mol. The van der Waals surface area contributed by atoms with Crippen LogP contribution in [0.25, 0.3) is 0 Å². The molecule has 0 heterocycles. The molecule has 0 spiro atoms. The molecule has 0 saturated heterocycles. The minimum absolute atomic E-state index is 0.0721. The normalized spacial score (nSPS) is 11.1. The van der Waals surface area contributed by atoms with Gasteiger partial charge in [0.2, 0.25) is 5.91 Å². The maximum absolute atomic E-state index is 11.3. The first-order chi connectivity index (χ1) is 10.7. The molecule has 0 aromatic heterocycles. The Morgan fingerprint density at radius 3 is 1.59 bits per heavy atom. The van der Waals surface area contributed by atoms with Gasteiger partial charge in [-0.25, -0.2) is 0 Å². The van der Waals surface area contributed by atoms with E-state index in [0.717, 1.165) is 12.8 Å². The summed E-state index contributed by atoms with van der Waals surface area (Å²) in [4.78, 5) is 11.3. The molecule has 0 aliphatic rings. The van der Waals surface area contributed by atoms with Crippen LogP contribution in [0.15, 0.2) is 0 Å². The quantitative estimate of drug-likeness (QED) is 0.299. The van der Waals surface area contributed by atoms with Gasteiger partial charge < -0.3 is 15.5 Å². The maximum Gasteiger partial charge on any atom is 0.220 e. The average Bonchev–Trinajstić information content (AvgIpc) is 2.49. The van der Waals surface area contributed by atoms with Crippen LogP contribution < -0.4 is 5.32 Å². The minimum Gasteiger partial charge on any atom is -0.367 e. The smallest absolute Gasteiger partial charge is 0.220 e. The number of hydrogen-bond donors (Lipinski definition) is 3. The number of carbonyl (C=O) groups is 1. The number of nitrogens with one attached hydrogen (secondary N) is 1. The zero-order valence-electron chi connectivity index (χ0n) is 14.5. The monoisotopic (exact) mass is 315 g/mol. The van der Waals surface area contributed by atoms with Gasteiger partial charge in [-0.1, -0.05) is 84.0 Å². The fourth-order valence-electron chi connectivity index (χ4n) is 2.60. The molecule has 22 heavy (non-hydrogen) atoms. The zero-order valence-corrected chi connectivity index (χ0v) is 14.5. The third-order valence-electron chi connectivity index (χ3n) is 3.99. The van der Waals surface area contributed by atoms with E-state index in [1.807, 2.05) is 0 Å². The Balaban J connectivity index is 3.09. The van der Waals surface area contributed by atoms with Crippen LogP contribution in [0.2, 0.25) is 0 Å². The third kappa shape index (κ3) is 17.4. The standard InChI is InChI=1S/C18H37NO3/c1-2-3-4-5-6-7-8-9-10-11-12-13-14-15-17(20)19-16-18(21)22/h18,21-22H,2-16H2,1H3,(H,19,20). The first-order valence-corrected chi connectivity index (χ1v) is 9.29. The second kappa shape index (κ2) is 16.8. The van der Waals surface area contributed by atoms with Gasteiger partial charge in [0.15, 0.2) is 6.29 Å². The fourth-order valence-corrected chi connectivity index (χ4v) is 2.60. The lowest BCUT2D eigenvalue weighted by Crippen LogP contribution is -2.31. The van der Waals surface area contributed by atoms with Gasteiger partial charge in [-0.2, -0.15) is 0 Å². The van der Waals surface area contributed by atoms with Gasteiger partial charge in [-0.3, -0.25) is 4.79 Å². The van der Waals surface area contributed by atoms with Crippen LogP contribution in [0, 0.1) is 0 Å². The van der Waals surface area contributed by atoms with Crippen LogP contribution in [-0.4, -0.2) is 29.0 Å². The predicted octanol–water partition coefficient (Wildman–Crippen LogP) is 3.89. The Kier molecular flexibility index (Phi) is 16.3. The number of aliphatic hydroxyl groups is 2. The second-order valence-corrected chi connectivity index (χ2v) is 6.28. The number of hydrogen-bond acceptors (Lipinski definition) is 3. The maximum atomic E-state index is 11.3. The Bertz CT molecular complexity index is 244. The summed E-state index contributed by atoms with van der Waals surface area (Å²) < 4.78 is 0. The molecule has 0 aromatic rings. The molecule has 0 bridgehead atoms. The molecule has 0 rings (SSSR count). The van der Waals surface area contributed by atoms with Crippen molar-refractivity contribution in [1.82, 2.24) is 5.32 Å². The minimum atomic E-state index is -1.45. The van der Waals surface area contributed by atoms with Crippen molar-refractivity contribution in [1.29, 1.82) is 0 Å². The summed E-state index contributed by atoms with van der Waals surface area (Å²) in [6.07, 6.45) is 15.8. The van der Waals surface area contributed by atoms with Gasteiger partial charge in [-0.05, 0) is 6.42 Å². The number of carbonyl (C=O) groups excluding carboxylic acids is 1. The first-order valence-electron chi connectivity index (χ1n) is 9.29. The molecule has 3 N–H and O–H groups in total. The number of amides is 1. The van der Waals surface area contributed by atoms with Gasteiger partial charge in [0, 0.05) is 6.42 Å². The molecule has 0 unspecified atom stereocenters. The van der Waals surface area contributed by atoms with Crippen molar-refractivity contribution in [3.63, 3.8) is 0 Å². The summed E-state index contributed by atoms with van der Waals surface area (Å²) in [5, 5.41) is 19.7. The topological polar surface area (TPSA) is 69.6 Å². The van der Waals surface area contributed by atoms with Crippen LogP contribution in [0.5, 0.6) is 0 Å². The highest BCUT2D eigenvalue weighted by atomic mass is 16.5. The highest BCUT2D eigenvalue weighted by Gasteiger charge is 2.03. The largest absolute Gasteiger partial charge is 0.367 e. The lowest BCUT2D eigenvalue weighted by molar-refractivity contribution is -0.123. The van der Waals surface area contributed by atoms with Gasteiger partial charge in [0.25, 0.3) is 0 Å². The van der Waals surface area contributed by atoms with Gasteiger partial charge in [0.1, 0.15) is 0 Å². The number of rotatable bonds is 16. The number of unbranched alkanes of at least 4 members (excludes halogenated alkanes) is 12.